The second kappa shape index (κ2) is 7.25. The number of anilines is 1. The minimum absolute atomic E-state index is 0.201. The van der Waals surface area contributed by atoms with E-state index in [0.29, 0.717) is 5.56 Å². The van der Waals surface area contributed by atoms with Crippen molar-refractivity contribution in [1.82, 2.24) is 5.43 Å². The van der Waals surface area contributed by atoms with Crippen LogP contribution in [0.25, 0.3) is 0 Å². The quantitative estimate of drug-likeness (QED) is 0.822. The molecule has 0 radical (unpaired) electrons. The normalized spacial score (nSPS) is 20.2. The van der Waals surface area contributed by atoms with Gasteiger partial charge in [0.2, 0.25) is 0 Å². The highest BCUT2D eigenvalue weighted by Crippen LogP contribution is 2.16. The van der Waals surface area contributed by atoms with Gasteiger partial charge in [0.1, 0.15) is 0 Å². The molecule has 0 bridgehead atoms. The average Bonchev–Trinajstić information content (AvgIpc) is 3.19. The SMILES string of the molecule is CC1=C/C(=N\NC(=O)c2ccc(N/N=C3\C=C(C)CC3)cc2)CC1. The number of amides is 1. The van der Waals surface area contributed by atoms with E-state index in [1.165, 1.54) is 11.1 Å². The van der Waals surface area contributed by atoms with Crippen LogP contribution < -0.4 is 10.9 Å². The van der Waals surface area contributed by atoms with Crippen molar-refractivity contribution in [3.8, 4) is 0 Å². The molecule has 0 fully saturated rings. The van der Waals surface area contributed by atoms with Crippen LogP contribution in [0.1, 0.15) is 49.9 Å². The van der Waals surface area contributed by atoms with Gasteiger partial charge in [0.25, 0.3) is 5.91 Å². The predicted molar refractivity (Wildman–Crippen MR) is 98.4 cm³/mol. The Balaban J connectivity index is 1.57. The molecule has 0 saturated heterocycles. The van der Waals surface area contributed by atoms with Crippen molar-refractivity contribution in [3.63, 3.8) is 0 Å². The smallest absolute Gasteiger partial charge is 0.271 e. The summed E-state index contributed by atoms with van der Waals surface area (Å²) in [5, 5.41) is 8.54. The summed E-state index contributed by atoms with van der Waals surface area (Å²) in [6, 6.07) is 7.22. The van der Waals surface area contributed by atoms with Crippen molar-refractivity contribution in [1.29, 1.82) is 0 Å². The Morgan fingerprint density at radius 3 is 2.00 bits per heavy atom. The summed E-state index contributed by atoms with van der Waals surface area (Å²) in [5.41, 5.74) is 11.7. The van der Waals surface area contributed by atoms with Crippen LogP contribution in [0, 0.1) is 0 Å². The number of benzene rings is 1. The molecule has 1 aromatic carbocycles. The molecule has 24 heavy (non-hydrogen) atoms. The van der Waals surface area contributed by atoms with Gasteiger partial charge in [-0.2, -0.15) is 10.2 Å². The third kappa shape index (κ3) is 4.19. The lowest BCUT2D eigenvalue weighted by molar-refractivity contribution is 0.0955. The minimum Gasteiger partial charge on any atom is -0.278 e. The first-order chi connectivity index (χ1) is 11.6. The van der Waals surface area contributed by atoms with Gasteiger partial charge in [-0.3, -0.25) is 10.2 Å². The topological polar surface area (TPSA) is 65.8 Å². The Morgan fingerprint density at radius 2 is 1.46 bits per heavy atom. The molecule has 0 aromatic heterocycles. The lowest BCUT2D eigenvalue weighted by Crippen LogP contribution is -2.18. The zero-order valence-electron chi connectivity index (χ0n) is 14.1. The molecule has 0 aliphatic heterocycles. The van der Waals surface area contributed by atoms with Crippen LogP contribution in [0.15, 0.2) is 57.8 Å². The second-order valence-corrected chi connectivity index (χ2v) is 6.32. The first-order valence-electron chi connectivity index (χ1n) is 8.24. The van der Waals surface area contributed by atoms with Crippen LogP contribution in [0.4, 0.5) is 5.69 Å². The Kier molecular flexibility index (Phi) is 4.89. The summed E-state index contributed by atoms with van der Waals surface area (Å²) in [7, 11) is 0. The highest BCUT2D eigenvalue weighted by Gasteiger charge is 2.09. The number of hydrogen-bond donors (Lipinski definition) is 2. The van der Waals surface area contributed by atoms with Gasteiger partial charge in [0.15, 0.2) is 0 Å². The summed E-state index contributed by atoms with van der Waals surface area (Å²) in [6.45, 7) is 4.18. The number of allylic oxidation sites excluding steroid dienone is 4. The van der Waals surface area contributed by atoms with E-state index in [-0.39, 0.29) is 5.91 Å². The highest BCUT2D eigenvalue weighted by molar-refractivity contribution is 6.00. The van der Waals surface area contributed by atoms with Gasteiger partial charge in [0, 0.05) is 5.56 Å². The maximum Gasteiger partial charge on any atom is 0.271 e. The van der Waals surface area contributed by atoms with Crippen molar-refractivity contribution in [2.45, 2.75) is 39.5 Å². The maximum absolute atomic E-state index is 12.1. The van der Waals surface area contributed by atoms with Gasteiger partial charge in [-0.05, 0) is 75.9 Å². The predicted octanol–water partition coefficient (Wildman–Crippen LogP) is 4.02. The van der Waals surface area contributed by atoms with Crippen molar-refractivity contribution in [2.75, 3.05) is 5.43 Å². The van der Waals surface area contributed by atoms with E-state index in [2.05, 4.69) is 41.0 Å². The van der Waals surface area contributed by atoms with Crippen molar-refractivity contribution in [2.24, 2.45) is 10.2 Å². The van der Waals surface area contributed by atoms with E-state index in [1.807, 2.05) is 18.2 Å². The molecule has 2 aliphatic rings. The van der Waals surface area contributed by atoms with Crippen LogP contribution in [-0.4, -0.2) is 17.3 Å². The van der Waals surface area contributed by atoms with Crippen molar-refractivity contribution in [3.05, 3.63) is 53.1 Å². The first-order valence-corrected chi connectivity index (χ1v) is 8.24. The van der Waals surface area contributed by atoms with Gasteiger partial charge in [-0.15, -0.1) is 0 Å². The number of nitrogens with zero attached hydrogens (tertiary/aromatic N) is 2. The molecule has 1 amide bonds. The summed E-state index contributed by atoms with van der Waals surface area (Å²) >= 11 is 0. The number of carbonyl (C=O) groups excluding carboxylic acids is 1. The standard InChI is InChI=1S/C19H22N4O/c1-13-3-7-17(11-13)21-20-16-9-5-15(6-10-16)19(24)23-22-18-8-4-14(2)12-18/h5-6,9-12,20H,3-4,7-8H2,1-2H3,(H,23,24)/b21-17-,22-18-. The number of carbonyl (C=O) groups is 1. The molecule has 124 valence electrons. The number of rotatable bonds is 4. The minimum atomic E-state index is -0.201. The van der Waals surface area contributed by atoms with E-state index < -0.39 is 0 Å². The van der Waals surface area contributed by atoms with Crippen LogP contribution in [-0.2, 0) is 0 Å². The number of hydrazone groups is 2. The van der Waals surface area contributed by atoms with Crippen LogP contribution in [0.3, 0.4) is 0 Å². The van der Waals surface area contributed by atoms with E-state index in [4.69, 9.17) is 0 Å². The fraction of sp³-hybridized carbons (Fsp3) is 0.316. The number of nitrogens with one attached hydrogen (secondary N) is 2. The van der Waals surface area contributed by atoms with Gasteiger partial charge in [-0.25, -0.2) is 5.43 Å². The lowest BCUT2D eigenvalue weighted by Gasteiger charge is -2.04. The van der Waals surface area contributed by atoms with Crippen LogP contribution >= 0.6 is 0 Å². The summed E-state index contributed by atoms with van der Waals surface area (Å²) in [5.74, 6) is -0.201. The van der Waals surface area contributed by atoms with E-state index in [1.54, 1.807) is 12.1 Å². The van der Waals surface area contributed by atoms with Gasteiger partial charge in [-0.1, -0.05) is 11.1 Å². The average molecular weight is 322 g/mol. The van der Waals surface area contributed by atoms with E-state index in [9.17, 15) is 4.79 Å². The second-order valence-electron chi connectivity index (χ2n) is 6.32. The fourth-order valence-corrected chi connectivity index (χ4v) is 2.70. The van der Waals surface area contributed by atoms with Crippen molar-refractivity contribution < 1.29 is 4.79 Å². The molecular formula is C19H22N4O. The zero-order valence-corrected chi connectivity index (χ0v) is 14.1. The first kappa shape index (κ1) is 16.2. The summed E-state index contributed by atoms with van der Waals surface area (Å²) < 4.78 is 0. The number of hydrogen-bond acceptors (Lipinski definition) is 4. The van der Waals surface area contributed by atoms with Gasteiger partial charge in [0.05, 0.1) is 17.1 Å². The molecule has 0 saturated carbocycles. The highest BCUT2D eigenvalue weighted by atomic mass is 16.2. The summed E-state index contributed by atoms with van der Waals surface area (Å²) in [6.07, 6.45) is 8.10. The third-order valence-electron chi connectivity index (χ3n) is 4.15. The van der Waals surface area contributed by atoms with E-state index in [0.717, 1.165) is 42.8 Å². The molecule has 0 heterocycles. The molecule has 0 unspecified atom stereocenters. The van der Waals surface area contributed by atoms with E-state index >= 15 is 0 Å². The maximum atomic E-state index is 12.1. The monoisotopic (exact) mass is 322 g/mol. The molecule has 0 spiro atoms. The van der Waals surface area contributed by atoms with Crippen LogP contribution in [0.2, 0.25) is 0 Å². The van der Waals surface area contributed by atoms with Crippen LogP contribution in [0.5, 0.6) is 0 Å². The van der Waals surface area contributed by atoms with Gasteiger partial charge >= 0.3 is 0 Å². The molecule has 1 aromatic rings. The third-order valence-corrected chi connectivity index (χ3v) is 4.15. The molecule has 3 rings (SSSR count). The Morgan fingerprint density at radius 1 is 0.875 bits per heavy atom. The molecule has 5 heteroatoms. The largest absolute Gasteiger partial charge is 0.278 e. The molecule has 0 atom stereocenters. The molecule has 2 aliphatic carbocycles. The summed E-state index contributed by atoms with van der Waals surface area (Å²) in [4.78, 5) is 12.1. The molecular weight excluding hydrogens is 300 g/mol. The lowest BCUT2D eigenvalue weighted by atomic mass is 10.2. The zero-order chi connectivity index (χ0) is 16.9. The fourth-order valence-electron chi connectivity index (χ4n) is 2.70. The molecule has 5 nitrogen and oxygen atoms in total. The molecule has 2 N–H and O–H groups in total. The van der Waals surface area contributed by atoms with Crippen molar-refractivity contribution >= 4 is 23.0 Å². The Hall–Kier alpha value is -2.69. The Bertz CT molecular complexity index is 754. The van der Waals surface area contributed by atoms with Gasteiger partial charge < -0.3 is 0 Å². The Labute approximate surface area is 142 Å².